The third-order valence-corrected chi connectivity index (χ3v) is 2.33. The Hall–Kier alpha value is -1.42. The van der Waals surface area contributed by atoms with Gasteiger partial charge in [0.1, 0.15) is 11.5 Å². The minimum absolute atomic E-state index is 0.303. The lowest BCUT2D eigenvalue weighted by molar-refractivity contribution is 0.623. The highest BCUT2D eigenvalue weighted by atomic mass is 19.1. The van der Waals surface area contributed by atoms with Crippen LogP contribution in [0.25, 0.3) is 11.0 Å². The number of rotatable bonds is 2. The normalized spacial score (nSPS) is 11.1. The molecule has 0 radical (unpaired) electrons. The average Bonchev–Trinajstić information content (AvgIpc) is 2.44. The molecule has 4 heteroatoms. The number of nitrogens with zero attached hydrogens (tertiary/aromatic N) is 2. The van der Waals surface area contributed by atoms with Crippen LogP contribution in [0.3, 0.4) is 0 Å². The SMILES string of the molecule is Cn1c(CCN)cc2cc(F)cnc21. The van der Waals surface area contributed by atoms with Gasteiger partial charge in [0.05, 0.1) is 6.20 Å². The van der Waals surface area contributed by atoms with Crippen molar-refractivity contribution in [3.8, 4) is 0 Å². The second-order valence-electron chi connectivity index (χ2n) is 3.30. The smallest absolute Gasteiger partial charge is 0.142 e. The van der Waals surface area contributed by atoms with Gasteiger partial charge in [-0.1, -0.05) is 0 Å². The fourth-order valence-electron chi connectivity index (χ4n) is 1.63. The summed E-state index contributed by atoms with van der Waals surface area (Å²) in [6, 6.07) is 3.42. The van der Waals surface area contributed by atoms with Crippen molar-refractivity contribution in [2.75, 3.05) is 6.54 Å². The molecule has 0 saturated carbocycles. The van der Waals surface area contributed by atoms with E-state index in [0.717, 1.165) is 23.1 Å². The highest BCUT2D eigenvalue weighted by Crippen LogP contribution is 2.17. The van der Waals surface area contributed by atoms with E-state index in [1.54, 1.807) is 0 Å². The molecule has 74 valence electrons. The number of hydrogen-bond donors (Lipinski definition) is 1. The first kappa shape index (κ1) is 9.15. The fraction of sp³-hybridized carbons (Fsp3) is 0.300. The molecule has 14 heavy (non-hydrogen) atoms. The molecule has 0 aromatic carbocycles. The van der Waals surface area contributed by atoms with Gasteiger partial charge in [-0.3, -0.25) is 0 Å². The number of nitrogens with two attached hydrogens (primary N) is 1. The lowest BCUT2D eigenvalue weighted by atomic mass is 10.3. The molecule has 0 saturated heterocycles. The quantitative estimate of drug-likeness (QED) is 0.779. The zero-order chi connectivity index (χ0) is 10.1. The molecule has 0 fully saturated rings. The molecule has 2 aromatic heterocycles. The van der Waals surface area contributed by atoms with Crippen molar-refractivity contribution in [1.29, 1.82) is 0 Å². The number of pyridine rings is 1. The number of halogens is 1. The summed E-state index contributed by atoms with van der Waals surface area (Å²) in [6.07, 6.45) is 2.02. The van der Waals surface area contributed by atoms with E-state index in [1.165, 1.54) is 12.3 Å². The van der Waals surface area contributed by atoms with E-state index in [9.17, 15) is 4.39 Å². The van der Waals surface area contributed by atoms with Gasteiger partial charge in [0.15, 0.2) is 0 Å². The van der Waals surface area contributed by atoms with E-state index in [4.69, 9.17) is 5.73 Å². The second kappa shape index (κ2) is 3.38. The Morgan fingerprint density at radius 1 is 1.50 bits per heavy atom. The molecule has 0 unspecified atom stereocenters. The molecule has 0 aliphatic carbocycles. The Balaban J connectivity index is 2.61. The first-order valence-electron chi connectivity index (χ1n) is 4.52. The summed E-state index contributed by atoms with van der Waals surface area (Å²) in [7, 11) is 1.91. The maximum Gasteiger partial charge on any atom is 0.142 e. The summed E-state index contributed by atoms with van der Waals surface area (Å²) in [6.45, 7) is 0.590. The van der Waals surface area contributed by atoms with Crippen molar-refractivity contribution >= 4 is 11.0 Å². The van der Waals surface area contributed by atoms with E-state index >= 15 is 0 Å². The first-order valence-corrected chi connectivity index (χ1v) is 4.52. The average molecular weight is 193 g/mol. The first-order chi connectivity index (χ1) is 6.72. The number of fused-ring (bicyclic) bond motifs is 1. The molecule has 0 bridgehead atoms. The Bertz CT molecular complexity index is 462. The van der Waals surface area contributed by atoms with Crippen LogP contribution in [0.15, 0.2) is 18.3 Å². The highest BCUT2D eigenvalue weighted by Gasteiger charge is 2.06. The summed E-state index contributed by atoms with van der Waals surface area (Å²) in [5.74, 6) is -0.303. The van der Waals surface area contributed by atoms with Crippen molar-refractivity contribution in [2.45, 2.75) is 6.42 Å². The highest BCUT2D eigenvalue weighted by molar-refractivity contribution is 5.77. The van der Waals surface area contributed by atoms with Gasteiger partial charge in [-0.05, 0) is 25.1 Å². The van der Waals surface area contributed by atoms with Crippen molar-refractivity contribution in [2.24, 2.45) is 12.8 Å². The predicted octanol–water partition coefficient (Wildman–Crippen LogP) is 1.21. The van der Waals surface area contributed by atoms with Crippen LogP contribution in [0.2, 0.25) is 0 Å². The molecule has 0 atom stereocenters. The Labute approximate surface area is 81.4 Å². The van der Waals surface area contributed by atoms with Crippen molar-refractivity contribution in [3.05, 3.63) is 29.8 Å². The lowest BCUT2D eigenvalue weighted by Crippen LogP contribution is -2.06. The van der Waals surface area contributed by atoms with Gasteiger partial charge >= 0.3 is 0 Å². The standard InChI is InChI=1S/C10H12FN3/c1-14-9(2-3-12)5-7-4-8(11)6-13-10(7)14/h4-6H,2-3,12H2,1H3. The van der Waals surface area contributed by atoms with Gasteiger partial charge in [0.25, 0.3) is 0 Å². The topological polar surface area (TPSA) is 43.8 Å². The third-order valence-electron chi connectivity index (χ3n) is 2.33. The van der Waals surface area contributed by atoms with E-state index in [-0.39, 0.29) is 5.82 Å². The molecule has 2 heterocycles. The molecule has 0 spiro atoms. The zero-order valence-corrected chi connectivity index (χ0v) is 8.00. The fourth-order valence-corrected chi connectivity index (χ4v) is 1.63. The minimum atomic E-state index is -0.303. The molecule has 0 amide bonds. The van der Waals surface area contributed by atoms with Gasteiger partial charge in [-0.25, -0.2) is 9.37 Å². The number of hydrogen-bond acceptors (Lipinski definition) is 2. The molecule has 0 aliphatic rings. The van der Waals surface area contributed by atoms with Crippen molar-refractivity contribution < 1.29 is 4.39 Å². The monoisotopic (exact) mass is 193 g/mol. The van der Waals surface area contributed by atoms with Gasteiger partial charge < -0.3 is 10.3 Å². The van der Waals surface area contributed by atoms with Crippen LogP contribution in [0.1, 0.15) is 5.69 Å². The molecule has 3 nitrogen and oxygen atoms in total. The Morgan fingerprint density at radius 3 is 3.00 bits per heavy atom. The molecular formula is C10H12FN3. The summed E-state index contributed by atoms with van der Waals surface area (Å²) in [5, 5.41) is 0.830. The van der Waals surface area contributed by atoms with Crippen LogP contribution in [-0.2, 0) is 13.5 Å². The summed E-state index contributed by atoms with van der Waals surface area (Å²) >= 11 is 0. The zero-order valence-electron chi connectivity index (χ0n) is 8.00. The van der Waals surface area contributed by atoms with Gasteiger partial charge in [0, 0.05) is 18.1 Å². The Kier molecular flexibility index (Phi) is 2.21. The molecule has 2 N–H and O–H groups in total. The van der Waals surface area contributed by atoms with E-state index in [2.05, 4.69) is 4.98 Å². The lowest BCUT2D eigenvalue weighted by Gasteiger charge is -2.00. The Morgan fingerprint density at radius 2 is 2.29 bits per heavy atom. The number of aromatic nitrogens is 2. The van der Waals surface area contributed by atoms with Crippen molar-refractivity contribution in [3.63, 3.8) is 0 Å². The molecule has 0 aliphatic heterocycles. The van der Waals surface area contributed by atoms with Crippen molar-refractivity contribution in [1.82, 2.24) is 9.55 Å². The van der Waals surface area contributed by atoms with Crippen LogP contribution in [0, 0.1) is 5.82 Å². The summed E-state index contributed by atoms with van der Waals surface area (Å²) in [4.78, 5) is 4.03. The van der Waals surface area contributed by atoms with Gasteiger partial charge in [-0.2, -0.15) is 0 Å². The molecule has 2 rings (SSSR count). The minimum Gasteiger partial charge on any atom is -0.333 e. The van der Waals surface area contributed by atoms with Crippen LogP contribution in [0.5, 0.6) is 0 Å². The van der Waals surface area contributed by atoms with Crippen LogP contribution < -0.4 is 5.73 Å². The molecule has 2 aromatic rings. The summed E-state index contributed by atoms with van der Waals surface area (Å²) in [5.41, 5.74) is 7.36. The van der Waals surface area contributed by atoms with Gasteiger partial charge in [-0.15, -0.1) is 0 Å². The maximum atomic E-state index is 12.9. The van der Waals surface area contributed by atoms with Gasteiger partial charge in [0.2, 0.25) is 0 Å². The maximum absolute atomic E-state index is 12.9. The predicted molar refractivity (Wildman–Crippen MR) is 53.4 cm³/mol. The third kappa shape index (κ3) is 1.37. The summed E-state index contributed by atoms with van der Waals surface area (Å²) < 4.78 is 14.8. The van der Waals surface area contributed by atoms with E-state index in [1.807, 2.05) is 17.7 Å². The molecular weight excluding hydrogens is 181 g/mol. The number of aryl methyl sites for hydroxylation is 1. The van der Waals surface area contributed by atoms with E-state index in [0.29, 0.717) is 6.54 Å². The second-order valence-corrected chi connectivity index (χ2v) is 3.30. The largest absolute Gasteiger partial charge is 0.333 e. The van der Waals surface area contributed by atoms with Crippen LogP contribution in [0.4, 0.5) is 4.39 Å². The van der Waals surface area contributed by atoms with E-state index < -0.39 is 0 Å². The van der Waals surface area contributed by atoms with Crippen LogP contribution in [-0.4, -0.2) is 16.1 Å². The van der Waals surface area contributed by atoms with Crippen LogP contribution >= 0.6 is 0 Å².